The van der Waals surface area contributed by atoms with Crippen LogP contribution in [0.2, 0.25) is 0 Å². The number of aryl methyl sites for hydroxylation is 1. The van der Waals surface area contributed by atoms with Crippen LogP contribution >= 0.6 is 0 Å². The molecule has 1 aromatic carbocycles. The minimum absolute atomic E-state index is 0.0804. The van der Waals surface area contributed by atoms with E-state index in [1.807, 2.05) is 6.92 Å². The molecule has 0 radical (unpaired) electrons. The first kappa shape index (κ1) is 12.6. The summed E-state index contributed by atoms with van der Waals surface area (Å²) in [6, 6.07) is 3.41. The van der Waals surface area contributed by atoms with Gasteiger partial charge in [-0.05, 0) is 66.8 Å². The molecule has 1 aliphatic carbocycles. The quantitative estimate of drug-likeness (QED) is 0.824. The van der Waals surface area contributed by atoms with Crippen molar-refractivity contribution in [2.24, 2.45) is 5.73 Å². The second kappa shape index (κ2) is 4.41. The maximum absolute atomic E-state index is 13.7. The van der Waals surface area contributed by atoms with Gasteiger partial charge in [-0.15, -0.1) is 0 Å². The van der Waals surface area contributed by atoms with Crippen LogP contribution in [0.4, 0.5) is 4.39 Å². The lowest BCUT2D eigenvalue weighted by atomic mass is 9.65. The Kier molecular flexibility index (Phi) is 3.26. The van der Waals surface area contributed by atoms with E-state index in [0.29, 0.717) is 0 Å². The largest absolute Gasteiger partial charge is 0.324 e. The van der Waals surface area contributed by atoms with Crippen LogP contribution in [-0.2, 0) is 5.41 Å². The van der Waals surface area contributed by atoms with Gasteiger partial charge in [0, 0.05) is 6.04 Å². The standard InChI is InChI=1S/C15H22FN/c1-4-15(5-2)7-6-13(17)14-10(3)8-11(16)9-12(14)15/h8-9,13H,4-7,17H2,1-3H3. The van der Waals surface area contributed by atoms with E-state index in [2.05, 4.69) is 13.8 Å². The molecule has 2 N–H and O–H groups in total. The van der Waals surface area contributed by atoms with Gasteiger partial charge in [0.05, 0.1) is 0 Å². The van der Waals surface area contributed by atoms with Crippen molar-refractivity contribution < 1.29 is 4.39 Å². The summed E-state index contributed by atoms with van der Waals surface area (Å²) in [7, 11) is 0. The molecule has 0 heterocycles. The molecule has 94 valence electrons. The molecule has 0 saturated carbocycles. The van der Waals surface area contributed by atoms with Crippen molar-refractivity contribution in [1.29, 1.82) is 0 Å². The molecule has 1 unspecified atom stereocenters. The Morgan fingerprint density at radius 2 is 2.00 bits per heavy atom. The molecule has 0 fully saturated rings. The molecule has 0 amide bonds. The summed E-state index contributed by atoms with van der Waals surface area (Å²) in [6.45, 7) is 6.37. The van der Waals surface area contributed by atoms with Crippen molar-refractivity contribution in [3.8, 4) is 0 Å². The predicted molar refractivity (Wildman–Crippen MR) is 69.6 cm³/mol. The zero-order valence-corrected chi connectivity index (χ0v) is 11.0. The lowest BCUT2D eigenvalue weighted by Crippen LogP contribution is -2.34. The third kappa shape index (κ3) is 1.89. The van der Waals surface area contributed by atoms with Gasteiger partial charge in [-0.1, -0.05) is 13.8 Å². The van der Waals surface area contributed by atoms with Gasteiger partial charge in [0.15, 0.2) is 0 Å². The lowest BCUT2D eigenvalue weighted by molar-refractivity contribution is 0.312. The summed E-state index contributed by atoms with van der Waals surface area (Å²) in [5.74, 6) is -0.123. The average molecular weight is 235 g/mol. The first-order valence-corrected chi connectivity index (χ1v) is 6.60. The van der Waals surface area contributed by atoms with E-state index in [0.717, 1.165) is 31.2 Å². The Bertz CT molecular complexity index is 421. The Morgan fingerprint density at radius 3 is 2.59 bits per heavy atom. The van der Waals surface area contributed by atoms with Crippen LogP contribution in [0.25, 0.3) is 0 Å². The molecule has 17 heavy (non-hydrogen) atoms. The zero-order chi connectivity index (χ0) is 12.6. The van der Waals surface area contributed by atoms with Crippen LogP contribution in [0, 0.1) is 12.7 Å². The summed E-state index contributed by atoms with van der Waals surface area (Å²) in [6.07, 6.45) is 4.22. The van der Waals surface area contributed by atoms with Gasteiger partial charge in [-0.25, -0.2) is 4.39 Å². The van der Waals surface area contributed by atoms with Crippen molar-refractivity contribution in [2.45, 2.75) is 57.9 Å². The third-order valence-corrected chi connectivity index (χ3v) is 4.58. The summed E-state index contributed by atoms with van der Waals surface area (Å²) in [5.41, 5.74) is 9.72. The smallest absolute Gasteiger partial charge is 0.123 e. The van der Waals surface area contributed by atoms with Crippen LogP contribution in [0.3, 0.4) is 0 Å². The lowest BCUT2D eigenvalue weighted by Gasteiger charge is -2.41. The molecule has 0 aromatic heterocycles. The summed E-state index contributed by atoms with van der Waals surface area (Å²) >= 11 is 0. The predicted octanol–water partition coefficient (Wildman–Crippen LogP) is 3.99. The second-order valence-electron chi connectivity index (χ2n) is 5.32. The molecule has 2 heteroatoms. The number of fused-ring (bicyclic) bond motifs is 1. The minimum Gasteiger partial charge on any atom is -0.324 e. The highest BCUT2D eigenvalue weighted by atomic mass is 19.1. The molecule has 1 nitrogen and oxygen atoms in total. The van der Waals surface area contributed by atoms with Crippen LogP contribution < -0.4 is 5.73 Å². The monoisotopic (exact) mass is 235 g/mol. The third-order valence-electron chi connectivity index (χ3n) is 4.58. The van der Waals surface area contributed by atoms with E-state index in [-0.39, 0.29) is 17.3 Å². The summed E-state index contributed by atoms with van der Waals surface area (Å²) in [5, 5.41) is 0. The number of rotatable bonds is 2. The van der Waals surface area contributed by atoms with Crippen molar-refractivity contribution in [2.75, 3.05) is 0 Å². The number of halogens is 1. The fourth-order valence-corrected chi connectivity index (χ4v) is 3.38. The molecule has 2 rings (SSSR count). The highest BCUT2D eigenvalue weighted by Gasteiger charge is 2.37. The maximum Gasteiger partial charge on any atom is 0.123 e. The molecule has 0 bridgehead atoms. The van der Waals surface area contributed by atoms with Crippen LogP contribution in [0.1, 0.15) is 62.3 Å². The van der Waals surface area contributed by atoms with Crippen molar-refractivity contribution in [3.63, 3.8) is 0 Å². The highest BCUT2D eigenvalue weighted by molar-refractivity contribution is 5.44. The van der Waals surface area contributed by atoms with Gasteiger partial charge in [0.25, 0.3) is 0 Å². The highest BCUT2D eigenvalue weighted by Crippen LogP contribution is 2.46. The SMILES string of the molecule is CCC1(CC)CCC(N)c2c(C)cc(F)cc21. The molecule has 0 aliphatic heterocycles. The molecular formula is C15H22FN. The zero-order valence-electron chi connectivity index (χ0n) is 11.0. The van der Waals surface area contributed by atoms with Crippen LogP contribution in [-0.4, -0.2) is 0 Å². The van der Waals surface area contributed by atoms with Crippen LogP contribution in [0.5, 0.6) is 0 Å². The van der Waals surface area contributed by atoms with Gasteiger partial charge in [-0.3, -0.25) is 0 Å². The van der Waals surface area contributed by atoms with Crippen molar-refractivity contribution >= 4 is 0 Å². The molecular weight excluding hydrogens is 213 g/mol. The number of nitrogens with two attached hydrogens (primary N) is 1. The number of benzene rings is 1. The first-order chi connectivity index (χ1) is 8.04. The van der Waals surface area contributed by atoms with Crippen LogP contribution in [0.15, 0.2) is 12.1 Å². The number of hydrogen-bond acceptors (Lipinski definition) is 1. The summed E-state index contributed by atoms with van der Waals surface area (Å²) in [4.78, 5) is 0. The van der Waals surface area contributed by atoms with Crippen molar-refractivity contribution in [3.05, 3.63) is 34.6 Å². The Balaban J connectivity index is 2.66. The first-order valence-electron chi connectivity index (χ1n) is 6.60. The average Bonchev–Trinajstić information content (AvgIpc) is 2.29. The molecule has 1 aromatic rings. The van der Waals surface area contributed by atoms with E-state index in [1.165, 1.54) is 11.1 Å². The molecule has 0 saturated heterocycles. The van der Waals surface area contributed by atoms with E-state index in [4.69, 9.17) is 5.73 Å². The van der Waals surface area contributed by atoms with E-state index in [9.17, 15) is 4.39 Å². The molecule has 0 spiro atoms. The molecule has 1 atom stereocenters. The van der Waals surface area contributed by atoms with E-state index in [1.54, 1.807) is 12.1 Å². The van der Waals surface area contributed by atoms with Gasteiger partial charge in [0.1, 0.15) is 5.82 Å². The van der Waals surface area contributed by atoms with Gasteiger partial charge < -0.3 is 5.73 Å². The topological polar surface area (TPSA) is 26.0 Å². The Hall–Kier alpha value is -0.890. The fourth-order valence-electron chi connectivity index (χ4n) is 3.38. The Labute approximate surface area is 103 Å². The van der Waals surface area contributed by atoms with E-state index >= 15 is 0 Å². The Morgan fingerprint density at radius 1 is 1.35 bits per heavy atom. The number of hydrogen-bond donors (Lipinski definition) is 1. The fraction of sp³-hybridized carbons (Fsp3) is 0.600. The minimum atomic E-state index is -0.123. The van der Waals surface area contributed by atoms with Gasteiger partial charge >= 0.3 is 0 Å². The maximum atomic E-state index is 13.7. The second-order valence-corrected chi connectivity index (χ2v) is 5.32. The van der Waals surface area contributed by atoms with Crippen molar-refractivity contribution in [1.82, 2.24) is 0 Å². The van der Waals surface area contributed by atoms with E-state index < -0.39 is 0 Å². The van der Waals surface area contributed by atoms with Gasteiger partial charge in [0.2, 0.25) is 0 Å². The normalized spacial score (nSPS) is 22.3. The molecule has 1 aliphatic rings. The van der Waals surface area contributed by atoms with Gasteiger partial charge in [-0.2, -0.15) is 0 Å². The summed E-state index contributed by atoms with van der Waals surface area (Å²) < 4.78 is 13.7.